The first-order valence-corrected chi connectivity index (χ1v) is 8.41. The molecule has 0 saturated carbocycles. The molecule has 0 aromatic heterocycles. The van der Waals surface area contributed by atoms with Crippen molar-refractivity contribution in [2.45, 2.75) is 19.4 Å². The number of carbonyl (C=O) groups is 1. The zero-order valence-electron chi connectivity index (χ0n) is 14.7. The number of nitriles is 1. The number of allylic oxidation sites excluding steroid dienone is 2. The van der Waals surface area contributed by atoms with Crippen LogP contribution in [0.5, 0.6) is 0 Å². The second-order valence-corrected chi connectivity index (χ2v) is 6.32. The Hall–Kier alpha value is -3.72. The molecule has 0 bridgehead atoms. The van der Waals surface area contributed by atoms with Crippen LogP contribution in [0.25, 0.3) is 5.57 Å². The van der Waals surface area contributed by atoms with E-state index in [-0.39, 0.29) is 11.3 Å². The molecule has 6 nitrogen and oxygen atoms in total. The lowest BCUT2D eigenvalue weighted by Crippen LogP contribution is -2.30. The second kappa shape index (κ2) is 7.67. The topological polar surface area (TPSA) is 96.0 Å². The molecule has 27 heavy (non-hydrogen) atoms. The van der Waals surface area contributed by atoms with Gasteiger partial charge in [0.1, 0.15) is 0 Å². The van der Waals surface area contributed by atoms with Crippen molar-refractivity contribution in [1.29, 1.82) is 5.26 Å². The molecule has 2 aromatic carbocycles. The molecule has 1 unspecified atom stereocenters. The minimum absolute atomic E-state index is 0.0936. The monoisotopic (exact) mass is 359 g/mol. The molecule has 0 saturated heterocycles. The summed E-state index contributed by atoms with van der Waals surface area (Å²) in [4.78, 5) is 23.5. The van der Waals surface area contributed by atoms with Crippen molar-refractivity contribution < 1.29 is 9.72 Å². The molecule has 1 amide bonds. The summed E-state index contributed by atoms with van der Waals surface area (Å²) < 4.78 is 0. The maximum Gasteiger partial charge on any atom is 0.255 e. The average molecular weight is 359 g/mol. The van der Waals surface area contributed by atoms with Gasteiger partial charge in [-0.2, -0.15) is 5.26 Å². The normalized spacial score (nSPS) is 15.9. The Morgan fingerprint density at radius 2 is 2.00 bits per heavy atom. The highest BCUT2D eigenvalue weighted by Crippen LogP contribution is 2.28. The highest BCUT2D eigenvalue weighted by Gasteiger charge is 2.26. The lowest BCUT2D eigenvalue weighted by molar-refractivity contribution is -0.508. The number of carbonyl (C=O) groups excluding carboxylic acids is 1. The van der Waals surface area contributed by atoms with Crippen LogP contribution in [0.1, 0.15) is 33.5 Å². The molecule has 0 spiro atoms. The van der Waals surface area contributed by atoms with Crippen molar-refractivity contribution in [3.8, 4) is 6.07 Å². The Morgan fingerprint density at radius 1 is 1.26 bits per heavy atom. The minimum Gasteiger partial charge on any atom is -0.325 e. The van der Waals surface area contributed by atoms with Crippen molar-refractivity contribution in [1.82, 2.24) is 5.32 Å². The number of hydrogen-bond acceptors (Lipinski definition) is 4. The van der Waals surface area contributed by atoms with E-state index < -0.39 is 11.9 Å². The highest BCUT2D eigenvalue weighted by molar-refractivity contribution is 5.97. The lowest BCUT2D eigenvalue weighted by atomic mass is 9.93. The van der Waals surface area contributed by atoms with Crippen molar-refractivity contribution in [3.63, 3.8) is 0 Å². The summed E-state index contributed by atoms with van der Waals surface area (Å²) in [5.41, 5.74) is 3.92. The third-order valence-electron chi connectivity index (χ3n) is 4.38. The summed E-state index contributed by atoms with van der Waals surface area (Å²) in [6, 6.07) is 15.2. The van der Waals surface area contributed by atoms with Crippen LogP contribution in [0.3, 0.4) is 0 Å². The fourth-order valence-corrected chi connectivity index (χ4v) is 2.90. The van der Waals surface area contributed by atoms with E-state index in [0.29, 0.717) is 16.8 Å². The fraction of sp³-hybridized carbons (Fsp3) is 0.143. The van der Waals surface area contributed by atoms with Crippen molar-refractivity contribution in [2.24, 2.45) is 0 Å². The minimum atomic E-state index is -0.889. The zero-order valence-corrected chi connectivity index (χ0v) is 14.7. The molecule has 1 aliphatic carbocycles. The molecule has 3 rings (SSSR count). The maximum absolute atomic E-state index is 12.6. The van der Waals surface area contributed by atoms with Crippen LogP contribution in [-0.4, -0.2) is 16.9 Å². The largest absolute Gasteiger partial charge is 0.325 e. The van der Waals surface area contributed by atoms with Gasteiger partial charge in [-0.25, -0.2) is 0 Å². The molecule has 6 heteroatoms. The third-order valence-corrected chi connectivity index (χ3v) is 4.38. The standard InChI is InChI=1S/C21H17N3O3/c1-14-5-7-16(8-6-14)19-10-9-18(24(26)27)12-20(19)23-21(25)17-4-2-3-15(11-17)13-22/h2-11,18H,12H2,1H3,(H,23,25). The molecular formula is C21H17N3O3. The number of nitrogens with zero attached hydrogens (tertiary/aromatic N) is 2. The van der Waals surface area contributed by atoms with Crippen LogP contribution in [0.4, 0.5) is 0 Å². The third kappa shape index (κ3) is 4.10. The maximum atomic E-state index is 12.6. The summed E-state index contributed by atoms with van der Waals surface area (Å²) in [5, 5.41) is 23.0. The molecule has 0 fully saturated rings. The predicted octanol–water partition coefficient (Wildman–Crippen LogP) is 3.61. The Bertz CT molecular complexity index is 998. The first-order chi connectivity index (χ1) is 13.0. The van der Waals surface area contributed by atoms with Gasteiger partial charge >= 0.3 is 0 Å². The Morgan fingerprint density at radius 3 is 2.67 bits per heavy atom. The number of benzene rings is 2. The van der Waals surface area contributed by atoms with Crippen LogP contribution in [0.15, 0.2) is 66.4 Å². The SMILES string of the molecule is Cc1ccc(C2=C(NC(=O)c3cccc(C#N)c3)CC([N+](=O)[O-])C=C2)cc1. The summed E-state index contributed by atoms with van der Waals surface area (Å²) in [5.74, 6) is -0.399. The van der Waals surface area contributed by atoms with Crippen molar-refractivity contribution in [3.05, 3.63) is 98.7 Å². The van der Waals surface area contributed by atoms with E-state index in [9.17, 15) is 14.9 Å². The molecule has 0 aliphatic heterocycles. The van der Waals surface area contributed by atoms with E-state index in [1.165, 1.54) is 6.07 Å². The van der Waals surface area contributed by atoms with Crippen LogP contribution < -0.4 is 5.32 Å². The van der Waals surface area contributed by atoms with Crippen LogP contribution in [0, 0.1) is 28.4 Å². The smallest absolute Gasteiger partial charge is 0.255 e. The van der Waals surface area contributed by atoms with Gasteiger partial charge in [-0.3, -0.25) is 14.9 Å². The Balaban J connectivity index is 1.96. The Kier molecular flexibility index (Phi) is 5.13. The van der Waals surface area contributed by atoms with Gasteiger partial charge in [0.2, 0.25) is 6.04 Å². The fourth-order valence-electron chi connectivity index (χ4n) is 2.90. The molecule has 2 aromatic rings. The number of amides is 1. The Labute approximate surface area is 156 Å². The first-order valence-electron chi connectivity index (χ1n) is 8.41. The summed E-state index contributed by atoms with van der Waals surface area (Å²) >= 11 is 0. The first kappa shape index (κ1) is 18.1. The number of hydrogen-bond donors (Lipinski definition) is 1. The van der Waals surface area contributed by atoms with Crippen molar-refractivity contribution in [2.75, 3.05) is 0 Å². The van der Waals surface area contributed by atoms with Gasteiger partial charge in [-0.15, -0.1) is 0 Å². The highest BCUT2D eigenvalue weighted by atomic mass is 16.6. The van der Waals surface area contributed by atoms with E-state index in [4.69, 9.17) is 5.26 Å². The van der Waals surface area contributed by atoms with Gasteiger partial charge in [0, 0.05) is 21.8 Å². The molecule has 1 atom stereocenters. The van der Waals surface area contributed by atoms with Gasteiger partial charge in [-0.1, -0.05) is 35.9 Å². The molecule has 1 aliphatic rings. The number of rotatable bonds is 4. The average Bonchev–Trinajstić information content (AvgIpc) is 2.68. The number of nitro groups is 1. The predicted molar refractivity (Wildman–Crippen MR) is 101 cm³/mol. The number of aryl methyl sites for hydroxylation is 1. The van der Waals surface area contributed by atoms with Gasteiger partial charge in [0.05, 0.1) is 18.1 Å². The molecule has 134 valence electrons. The summed E-state index contributed by atoms with van der Waals surface area (Å²) in [6.45, 7) is 1.97. The summed E-state index contributed by atoms with van der Waals surface area (Å²) in [7, 11) is 0. The quantitative estimate of drug-likeness (QED) is 0.666. The molecular weight excluding hydrogens is 342 g/mol. The number of nitrogens with one attached hydrogen (secondary N) is 1. The van der Waals surface area contributed by atoms with Gasteiger partial charge < -0.3 is 5.32 Å². The van der Waals surface area contributed by atoms with E-state index in [1.807, 2.05) is 37.3 Å². The van der Waals surface area contributed by atoms with E-state index in [0.717, 1.165) is 16.7 Å². The van der Waals surface area contributed by atoms with E-state index in [2.05, 4.69) is 5.32 Å². The van der Waals surface area contributed by atoms with Gasteiger partial charge in [-0.05, 0) is 42.8 Å². The van der Waals surface area contributed by atoms with Crippen LogP contribution in [0.2, 0.25) is 0 Å². The van der Waals surface area contributed by atoms with E-state index >= 15 is 0 Å². The molecule has 0 radical (unpaired) electrons. The second-order valence-electron chi connectivity index (χ2n) is 6.32. The molecule has 0 heterocycles. The van der Waals surface area contributed by atoms with E-state index in [1.54, 1.807) is 30.4 Å². The van der Waals surface area contributed by atoms with Crippen LogP contribution in [-0.2, 0) is 0 Å². The zero-order chi connectivity index (χ0) is 19.4. The lowest BCUT2D eigenvalue weighted by Gasteiger charge is -2.20. The van der Waals surface area contributed by atoms with Crippen LogP contribution >= 0.6 is 0 Å². The van der Waals surface area contributed by atoms with Crippen molar-refractivity contribution >= 4 is 11.5 Å². The molecule has 1 N–H and O–H groups in total. The summed E-state index contributed by atoms with van der Waals surface area (Å²) in [6.07, 6.45) is 3.32. The van der Waals surface area contributed by atoms with Gasteiger partial charge in [0.25, 0.3) is 5.91 Å². The van der Waals surface area contributed by atoms with Gasteiger partial charge in [0.15, 0.2) is 0 Å².